The van der Waals surface area contributed by atoms with E-state index in [1.54, 1.807) is 43.5 Å². The summed E-state index contributed by atoms with van der Waals surface area (Å²) < 4.78 is 27.2. The number of amides is 1. The molecule has 0 fully saturated rings. The van der Waals surface area contributed by atoms with Gasteiger partial charge in [0.2, 0.25) is 6.10 Å². The van der Waals surface area contributed by atoms with Crippen LogP contribution in [0.2, 0.25) is 0 Å². The number of rotatable bonds is 5. The lowest BCUT2D eigenvalue weighted by Gasteiger charge is -2.24. The van der Waals surface area contributed by atoms with Gasteiger partial charge in [-0.15, -0.1) is 5.10 Å². The summed E-state index contributed by atoms with van der Waals surface area (Å²) in [5, 5.41) is 10.4. The molecule has 9 nitrogen and oxygen atoms in total. The molecule has 9 heteroatoms. The zero-order valence-electron chi connectivity index (χ0n) is 15.2. The number of nitrogens with one attached hydrogen (secondary N) is 1. The molecule has 1 aliphatic heterocycles. The van der Waals surface area contributed by atoms with E-state index in [1.165, 1.54) is 7.11 Å². The first-order chi connectivity index (χ1) is 13.7. The molecule has 1 aromatic heterocycles. The van der Waals surface area contributed by atoms with Crippen molar-refractivity contribution >= 4 is 11.9 Å². The lowest BCUT2D eigenvalue weighted by molar-refractivity contribution is -0.125. The lowest BCUT2D eigenvalue weighted by atomic mass is 10.2. The van der Waals surface area contributed by atoms with E-state index in [-0.39, 0.29) is 18.5 Å². The van der Waals surface area contributed by atoms with Crippen molar-refractivity contribution in [2.24, 2.45) is 0 Å². The summed E-state index contributed by atoms with van der Waals surface area (Å²) in [6, 6.07) is 12.2. The van der Waals surface area contributed by atoms with Crippen LogP contribution in [0.25, 0.3) is 11.5 Å². The van der Waals surface area contributed by atoms with Crippen molar-refractivity contribution in [3.63, 3.8) is 0 Å². The molecular weight excluding hydrogens is 366 g/mol. The SMILES string of the molecule is COc1ccc(-c2nnc(NC(=O)[C@H]3COc4ccccc4O3)o2)c(OC)c1. The van der Waals surface area contributed by atoms with Gasteiger partial charge in [-0.2, -0.15) is 0 Å². The number of hydrogen-bond acceptors (Lipinski definition) is 8. The molecule has 0 saturated carbocycles. The number of nitrogens with zero attached hydrogens (tertiary/aromatic N) is 2. The second-order valence-electron chi connectivity index (χ2n) is 5.83. The minimum absolute atomic E-state index is 0.0553. The molecule has 0 radical (unpaired) electrons. The number of carbonyl (C=O) groups is 1. The molecule has 0 unspecified atom stereocenters. The second-order valence-corrected chi connectivity index (χ2v) is 5.83. The average Bonchev–Trinajstić information content (AvgIpc) is 3.21. The highest BCUT2D eigenvalue weighted by Crippen LogP contribution is 2.33. The number of para-hydroxylation sites is 2. The second kappa shape index (κ2) is 7.47. The maximum atomic E-state index is 12.4. The predicted octanol–water partition coefficient (Wildman–Crippen LogP) is 2.53. The third kappa shape index (κ3) is 3.41. The Labute approximate surface area is 160 Å². The van der Waals surface area contributed by atoms with E-state index in [1.807, 2.05) is 6.07 Å². The number of ether oxygens (including phenoxy) is 4. The molecule has 0 spiro atoms. The normalized spacial score (nSPS) is 15.0. The molecule has 28 heavy (non-hydrogen) atoms. The van der Waals surface area contributed by atoms with E-state index in [0.717, 1.165) is 0 Å². The van der Waals surface area contributed by atoms with E-state index in [4.69, 9.17) is 23.4 Å². The van der Waals surface area contributed by atoms with Gasteiger partial charge in [-0.05, 0) is 24.3 Å². The van der Waals surface area contributed by atoms with Crippen molar-refractivity contribution in [1.82, 2.24) is 10.2 Å². The Morgan fingerprint density at radius 2 is 1.93 bits per heavy atom. The molecule has 0 saturated heterocycles. The number of aromatic nitrogens is 2. The minimum Gasteiger partial charge on any atom is -0.497 e. The Balaban J connectivity index is 1.48. The van der Waals surface area contributed by atoms with Crippen LogP contribution in [0.5, 0.6) is 23.0 Å². The van der Waals surface area contributed by atoms with E-state index in [0.29, 0.717) is 28.6 Å². The fraction of sp³-hybridized carbons (Fsp3) is 0.211. The van der Waals surface area contributed by atoms with Gasteiger partial charge in [0.15, 0.2) is 11.5 Å². The molecule has 1 amide bonds. The van der Waals surface area contributed by atoms with Crippen molar-refractivity contribution in [1.29, 1.82) is 0 Å². The summed E-state index contributed by atoms with van der Waals surface area (Å²) in [5.74, 6) is 1.97. The topological polar surface area (TPSA) is 105 Å². The fourth-order valence-corrected chi connectivity index (χ4v) is 2.69. The number of anilines is 1. The molecule has 3 aromatic rings. The fourth-order valence-electron chi connectivity index (χ4n) is 2.69. The van der Waals surface area contributed by atoms with E-state index in [2.05, 4.69) is 15.5 Å². The van der Waals surface area contributed by atoms with Gasteiger partial charge in [0.05, 0.1) is 19.8 Å². The number of hydrogen-bond donors (Lipinski definition) is 1. The van der Waals surface area contributed by atoms with E-state index < -0.39 is 12.0 Å². The van der Waals surface area contributed by atoms with Gasteiger partial charge in [0.25, 0.3) is 11.8 Å². The van der Waals surface area contributed by atoms with Crippen LogP contribution in [0, 0.1) is 0 Å². The smallest absolute Gasteiger partial charge is 0.322 e. The van der Waals surface area contributed by atoms with Crippen LogP contribution < -0.4 is 24.3 Å². The predicted molar refractivity (Wildman–Crippen MR) is 97.8 cm³/mol. The van der Waals surface area contributed by atoms with Crippen LogP contribution in [-0.4, -0.2) is 43.0 Å². The van der Waals surface area contributed by atoms with Crippen molar-refractivity contribution in [3.8, 4) is 34.5 Å². The zero-order chi connectivity index (χ0) is 19.5. The van der Waals surface area contributed by atoms with Crippen molar-refractivity contribution in [3.05, 3.63) is 42.5 Å². The maximum Gasteiger partial charge on any atom is 0.322 e. The maximum absolute atomic E-state index is 12.4. The number of benzene rings is 2. The standard InChI is InChI=1S/C19H17N3O6/c1-24-11-7-8-12(15(9-11)25-2)18-21-22-19(28-18)20-17(23)16-10-26-13-5-3-4-6-14(13)27-16/h3-9,16H,10H2,1-2H3,(H,20,22,23)/t16-/m1/s1. The lowest BCUT2D eigenvalue weighted by Crippen LogP contribution is -2.40. The Kier molecular flexibility index (Phi) is 4.71. The highest BCUT2D eigenvalue weighted by atomic mass is 16.6. The van der Waals surface area contributed by atoms with Gasteiger partial charge in [-0.1, -0.05) is 17.2 Å². The van der Waals surface area contributed by atoms with Crippen LogP contribution in [0.15, 0.2) is 46.9 Å². The van der Waals surface area contributed by atoms with Crippen molar-refractivity contribution in [2.75, 3.05) is 26.1 Å². The highest BCUT2D eigenvalue weighted by Gasteiger charge is 2.28. The summed E-state index contributed by atoms with van der Waals surface area (Å²) in [6.45, 7) is 0.0795. The first-order valence-electron chi connectivity index (χ1n) is 8.43. The molecular formula is C19H17N3O6. The van der Waals surface area contributed by atoms with Crippen LogP contribution in [0.3, 0.4) is 0 Å². The molecule has 0 bridgehead atoms. The third-order valence-corrected chi connectivity index (χ3v) is 4.10. The number of fused-ring (bicyclic) bond motifs is 1. The van der Waals surface area contributed by atoms with Crippen LogP contribution in [0.1, 0.15) is 0 Å². The summed E-state index contributed by atoms with van der Waals surface area (Å²) >= 11 is 0. The molecule has 1 aliphatic rings. The molecule has 144 valence electrons. The highest BCUT2D eigenvalue weighted by molar-refractivity contribution is 5.93. The monoisotopic (exact) mass is 383 g/mol. The van der Waals surface area contributed by atoms with Crippen molar-refractivity contribution < 1.29 is 28.2 Å². The zero-order valence-corrected chi connectivity index (χ0v) is 15.2. The summed E-state index contributed by atoms with van der Waals surface area (Å²) in [7, 11) is 3.08. The van der Waals surface area contributed by atoms with Gasteiger partial charge in [-0.3, -0.25) is 10.1 Å². The summed E-state index contributed by atoms with van der Waals surface area (Å²) in [4.78, 5) is 12.4. The number of carbonyl (C=O) groups excluding carboxylic acids is 1. The molecule has 2 heterocycles. The quantitative estimate of drug-likeness (QED) is 0.717. The van der Waals surface area contributed by atoms with Gasteiger partial charge >= 0.3 is 6.01 Å². The number of methoxy groups -OCH3 is 2. The van der Waals surface area contributed by atoms with Crippen LogP contribution >= 0.6 is 0 Å². The minimum atomic E-state index is -0.833. The van der Waals surface area contributed by atoms with E-state index >= 15 is 0 Å². The van der Waals surface area contributed by atoms with Gasteiger partial charge in [0.1, 0.15) is 18.1 Å². The molecule has 1 N–H and O–H groups in total. The summed E-state index contributed by atoms with van der Waals surface area (Å²) in [5.41, 5.74) is 0.572. The van der Waals surface area contributed by atoms with E-state index in [9.17, 15) is 4.79 Å². The van der Waals surface area contributed by atoms with Gasteiger partial charge in [0, 0.05) is 6.07 Å². The third-order valence-electron chi connectivity index (χ3n) is 4.10. The Morgan fingerprint density at radius 3 is 2.71 bits per heavy atom. The largest absolute Gasteiger partial charge is 0.497 e. The first-order valence-corrected chi connectivity index (χ1v) is 8.43. The molecule has 4 rings (SSSR count). The molecule has 1 atom stereocenters. The van der Waals surface area contributed by atoms with Crippen LogP contribution in [0.4, 0.5) is 6.01 Å². The first kappa shape index (κ1) is 17.7. The Morgan fingerprint density at radius 1 is 1.11 bits per heavy atom. The van der Waals surface area contributed by atoms with Crippen molar-refractivity contribution in [2.45, 2.75) is 6.10 Å². The average molecular weight is 383 g/mol. The van der Waals surface area contributed by atoms with Crippen LogP contribution in [-0.2, 0) is 4.79 Å². The Bertz CT molecular complexity index is 1000. The Hall–Kier alpha value is -3.75. The van der Waals surface area contributed by atoms with Gasteiger partial charge in [-0.25, -0.2) is 0 Å². The molecule has 2 aromatic carbocycles. The summed E-state index contributed by atoms with van der Waals surface area (Å²) in [6.07, 6.45) is -0.833. The van der Waals surface area contributed by atoms with Gasteiger partial charge < -0.3 is 23.4 Å². The molecule has 0 aliphatic carbocycles.